The van der Waals surface area contributed by atoms with Gasteiger partial charge in [0.25, 0.3) is 0 Å². The molecule has 0 bridgehead atoms. The number of nitrogens with one attached hydrogen (secondary N) is 1. The lowest BCUT2D eigenvalue weighted by Gasteiger charge is -2.21. The highest BCUT2D eigenvalue weighted by molar-refractivity contribution is 6.30. The van der Waals surface area contributed by atoms with Gasteiger partial charge in [0.15, 0.2) is 0 Å². The summed E-state index contributed by atoms with van der Waals surface area (Å²) in [6.07, 6.45) is -5.11. The lowest BCUT2D eigenvalue weighted by atomic mass is 10.3. The van der Waals surface area contributed by atoms with Crippen molar-refractivity contribution < 1.29 is 32.5 Å². The Balaban J connectivity index is 1.46. The highest BCUT2D eigenvalue weighted by Gasteiger charge is 2.39. The van der Waals surface area contributed by atoms with Crippen molar-refractivity contribution in [2.45, 2.75) is 24.8 Å². The van der Waals surface area contributed by atoms with Crippen molar-refractivity contribution in [3.63, 3.8) is 0 Å². The third-order valence-corrected chi connectivity index (χ3v) is 4.89. The molecule has 1 aliphatic rings. The van der Waals surface area contributed by atoms with Crippen molar-refractivity contribution in [2.24, 2.45) is 0 Å². The van der Waals surface area contributed by atoms with Crippen LogP contribution in [0.4, 0.5) is 18.9 Å². The van der Waals surface area contributed by atoms with Gasteiger partial charge >= 0.3 is 12.1 Å². The van der Waals surface area contributed by atoms with E-state index in [2.05, 4.69) is 0 Å². The Morgan fingerprint density at radius 1 is 1.23 bits per heavy atom. The van der Waals surface area contributed by atoms with Crippen LogP contribution in [0.1, 0.15) is 6.42 Å². The van der Waals surface area contributed by atoms with E-state index in [-0.39, 0.29) is 24.1 Å². The SMILES string of the molecule is O=C(Nc1ccccc1OCC(O)CN1CCC(Oc2ccc(Cl)cc2)C1)C(F)(F)F. The minimum atomic E-state index is -5.01. The van der Waals surface area contributed by atoms with Crippen LogP contribution in [0, 0.1) is 0 Å². The number of carbonyl (C=O) groups excluding carboxylic acids is 1. The van der Waals surface area contributed by atoms with Gasteiger partial charge in [-0.3, -0.25) is 9.69 Å². The molecule has 6 nitrogen and oxygen atoms in total. The fraction of sp³-hybridized carbons (Fsp3) is 0.381. The van der Waals surface area contributed by atoms with Gasteiger partial charge < -0.3 is 19.9 Å². The number of para-hydroxylation sites is 2. The first-order valence-corrected chi connectivity index (χ1v) is 10.0. The number of likely N-dealkylation sites (tertiary alicyclic amines) is 1. The van der Waals surface area contributed by atoms with E-state index in [4.69, 9.17) is 21.1 Å². The van der Waals surface area contributed by atoms with Gasteiger partial charge in [0, 0.05) is 24.7 Å². The summed E-state index contributed by atoms with van der Waals surface area (Å²) in [6, 6.07) is 12.8. The molecule has 2 N–H and O–H groups in total. The number of aliphatic hydroxyl groups excluding tert-OH is 1. The Kier molecular flexibility index (Phi) is 7.64. The van der Waals surface area contributed by atoms with Crippen LogP contribution in [0.3, 0.4) is 0 Å². The van der Waals surface area contributed by atoms with Crippen LogP contribution < -0.4 is 14.8 Å². The smallest absolute Gasteiger partial charge is 0.471 e. The van der Waals surface area contributed by atoms with E-state index in [1.54, 1.807) is 35.6 Å². The Morgan fingerprint density at radius 2 is 1.94 bits per heavy atom. The summed E-state index contributed by atoms with van der Waals surface area (Å²) >= 11 is 5.86. The molecule has 2 unspecified atom stereocenters. The summed E-state index contributed by atoms with van der Waals surface area (Å²) in [5.74, 6) is -1.32. The van der Waals surface area contributed by atoms with Gasteiger partial charge in [-0.1, -0.05) is 23.7 Å². The van der Waals surface area contributed by atoms with Crippen LogP contribution >= 0.6 is 11.6 Å². The summed E-state index contributed by atoms with van der Waals surface area (Å²) in [5.41, 5.74) is -0.116. The average Bonchev–Trinajstić information content (AvgIpc) is 3.15. The first-order valence-electron chi connectivity index (χ1n) is 9.63. The molecule has 1 fully saturated rings. The molecule has 31 heavy (non-hydrogen) atoms. The Hall–Kier alpha value is -2.49. The summed E-state index contributed by atoms with van der Waals surface area (Å²) in [4.78, 5) is 13.2. The number of amides is 1. The van der Waals surface area contributed by atoms with Gasteiger partial charge in [-0.05, 0) is 42.8 Å². The zero-order valence-electron chi connectivity index (χ0n) is 16.4. The first kappa shape index (κ1) is 23.2. The number of benzene rings is 2. The highest BCUT2D eigenvalue weighted by Crippen LogP contribution is 2.27. The number of anilines is 1. The average molecular weight is 459 g/mol. The summed E-state index contributed by atoms with van der Waals surface area (Å²) in [6.45, 7) is 1.53. The Labute approximate surface area is 182 Å². The van der Waals surface area contributed by atoms with E-state index in [1.807, 2.05) is 4.90 Å². The monoisotopic (exact) mass is 458 g/mol. The number of rotatable bonds is 8. The molecule has 3 rings (SSSR count). The van der Waals surface area contributed by atoms with E-state index in [0.717, 1.165) is 18.7 Å². The van der Waals surface area contributed by atoms with Crippen LogP contribution in [-0.4, -0.2) is 60.5 Å². The number of alkyl halides is 3. The number of ether oxygens (including phenoxy) is 2. The van der Waals surface area contributed by atoms with Crippen molar-refractivity contribution in [3.05, 3.63) is 53.6 Å². The zero-order valence-corrected chi connectivity index (χ0v) is 17.2. The molecule has 0 saturated carbocycles. The topological polar surface area (TPSA) is 71.0 Å². The molecular weight excluding hydrogens is 437 g/mol. The normalized spacial score (nSPS) is 17.9. The number of aliphatic hydroxyl groups is 1. The van der Waals surface area contributed by atoms with Crippen molar-refractivity contribution in [3.8, 4) is 11.5 Å². The van der Waals surface area contributed by atoms with E-state index in [9.17, 15) is 23.1 Å². The van der Waals surface area contributed by atoms with Crippen LogP contribution in [0.5, 0.6) is 11.5 Å². The van der Waals surface area contributed by atoms with Crippen molar-refractivity contribution >= 4 is 23.2 Å². The predicted molar refractivity (Wildman–Crippen MR) is 110 cm³/mol. The number of hydrogen-bond donors (Lipinski definition) is 2. The number of β-amino-alcohol motifs (C(OH)–C–C–N with tert-alkyl or cyclic N) is 1. The molecule has 168 valence electrons. The van der Waals surface area contributed by atoms with Gasteiger partial charge in [0.2, 0.25) is 0 Å². The summed E-state index contributed by atoms with van der Waals surface area (Å²) in [5, 5.41) is 12.7. The van der Waals surface area contributed by atoms with Gasteiger partial charge in [0.1, 0.15) is 30.3 Å². The number of carbonyl (C=O) groups is 1. The van der Waals surface area contributed by atoms with Gasteiger partial charge in [-0.15, -0.1) is 0 Å². The number of halogens is 4. The lowest BCUT2D eigenvalue weighted by Crippen LogP contribution is -2.35. The van der Waals surface area contributed by atoms with Gasteiger partial charge in [0.05, 0.1) is 5.69 Å². The summed E-state index contributed by atoms with van der Waals surface area (Å²) < 4.78 is 48.8. The molecule has 0 spiro atoms. The predicted octanol–water partition coefficient (Wildman–Crippen LogP) is 3.73. The third-order valence-electron chi connectivity index (χ3n) is 4.64. The maximum atomic E-state index is 12.5. The van der Waals surface area contributed by atoms with Crippen LogP contribution in [0.15, 0.2) is 48.5 Å². The van der Waals surface area contributed by atoms with Crippen LogP contribution in [0.2, 0.25) is 5.02 Å². The lowest BCUT2D eigenvalue weighted by molar-refractivity contribution is -0.167. The van der Waals surface area contributed by atoms with Crippen LogP contribution in [0.25, 0.3) is 0 Å². The van der Waals surface area contributed by atoms with E-state index in [1.165, 1.54) is 18.2 Å². The molecule has 1 heterocycles. The minimum Gasteiger partial charge on any atom is -0.489 e. The van der Waals surface area contributed by atoms with E-state index < -0.39 is 18.2 Å². The molecule has 0 aliphatic carbocycles. The fourth-order valence-electron chi connectivity index (χ4n) is 3.19. The standard InChI is InChI=1S/C21H22ClF3N2O4/c22-14-5-7-16(8-6-14)31-17-9-10-27(12-17)11-15(28)13-30-19-4-2-1-3-18(19)26-20(29)21(23,24)25/h1-8,15,17,28H,9-13H2,(H,26,29). The molecule has 2 aromatic rings. The second-order valence-corrected chi connectivity index (χ2v) is 7.59. The maximum absolute atomic E-state index is 12.5. The van der Waals surface area contributed by atoms with Crippen molar-refractivity contribution in [2.75, 3.05) is 31.6 Å². The Bertz CT molecular complexity index is 880. The molecule has 0 aromatic heterocycles. The van der Waals surface area contributed by atoms with Crippen molar-refractivity contribution in [1.82, 2.24) is 4.90 Å². The van der Waals surface area contributed by atoms with Gasteiger partial charge in [-0.25, -0.2) is 0 Å². The summed E-state index contributed by atoms with van der Waals surface area (Å²) in [7, 11) is 0. The van der Waals surface area contributed by atoms with Crippen molar-refractivity contribution in [1.29, 1.82) is 0 Å². The largest absolute Gasteiger partial charge is 0.489 e. The quantitative estimate of drug-likeness (QED) is 0.630. The first-order chi connectivity index (χ1) is 14.7. The molecule has 0 radical (unpaired) electrons. The molecule has 1 saturated heterocycles. The molecule has 10 heteroatoms. The molecule has 1 amide bonds. The van der Waals surface area contributed by atoms with E-state index >= 15 is 0 Å². The minimum absolute atomic E-state index is 0.0207. The highest BCUT2D eigenvalue weighted by atomic mass is 35.5. The second kappa shape index (κ2) is 10.2. The Morgan fingerprint density at radius 3 is 2.65 bits per heavy atom. The van der Waals surface area contributed by atoms with E-state index in [0.29, 0.717) is 18.1 Å². The number of nitrogens with zero attached hydrogens (tertiary/aromatic N) is 1. The van der Waals surface area contributed by atoms with Gasteiger partial charge in [-0.2, -0.15) is 13.2 Å². The molecule has 2 aromatic carbocycles. The zero-order chi connectivity index (χ0) is 22.4. The molecule has 2 atom stereocenters. The van der Waals surface area contributed by atoms with Crippen LogP contribution in [-0.2, 0) is 4.79 Å². The third kappa shape index (κ3) is 7.02. The molecular formula is C21H22ClF3N2O4. The second-order valence-electron chi connectivity index (χ2n) is 7.15. The number of hydrogen-bond acceptors (Lipinski definition) is 5. The fourth-order valence-corrected chi connectivity index (χ4v) is 3.32. The molecule has 1 aliphatic heterocycles. The maximum Gasteiger partial charge on any atom is 0.471 e.